The Kier molecular flexibility index (Phi) is 3.55. The summed E-state index contributed by atoms with van der Waals surface area (Å²) in [5.41, 5.74) is -0.360. The molecule has 0 radical (unpaired) electrons. The van der Waals surface area contributed by atoms with Crippen LogP contribution in [0.25, 0.3) is 0 Å². The minimum Gasteiger partial charge on any atom is -0.388 e. The van der Waals surface area contributed by atoms with Gasteiger partial charge in [0.15, 0.2) is 0 Å². The number of nitrogens with zero attached hydrogens (tertiary/aromatic N) is 2. The smallest absolute Gasteiger partial charge is 0.388 e. The number of aromatic nitrogens is 1. The van der Waals surface area contributed by atoms with Crippen LogP contribution in [0, 0.1) is 20.6 Å². The average Bonchev–Trinajstić information content (AvgIpc) is 2.07. The summed E-state index contributed by atoms with van der Waals surface area (Å²) >= 11 is 1.63. The van der Waals surface area contributed by atoms with Gasteiger partial charge in [0, 0.05) is 0 Å². The number of ether oxygens (including phenoxy) is 1. The molecular formula is C7H4F3IN2O3. The minimum atomic E-state index is -4.92. The molecule has 0 saturated heterocycles. The van der Waals surface area contributed by atoms with Crippen LogP contribution in [0.3, 0.4) is 0 Å². The molecule has 0 bridgehead atoms. The molecule has 0 aliphatic heterocycles. The molecular weight excluding hydrogens is 344 g/mol. The van der Waals surface area contributed by atoms with E-state index in [0.717, 1.165) is 0 Å². The number of nitro groups is 1. The van der Waals surface area contributed by atoms with E-state index in [0.29, 0.717) is 6.07 Å². The van der Waals surface area contributed by atoms with Crippen molar-refractivity contribution in [1.82, 2.24) is 4.98 Å². The van der Waals surface area contributed by atoms with Crippen molar-refractivity contribution in [2.75, 3.05) is 0 Å². The monoisotopic (exact) mass is 348 g/mol. The maximum atomic E-state index is 11.9. The van der Waals surface area contributed by atoms with Gasteiger partial charge < -0.3 is 4.74 Å². The molecule has 0 spiro atoms. The molecule has 0 N–H and O–H groups in total. The molecule has 16 heavy (non-hydrogen) atoms. The topological polar surface area (TPSA) is 65.3 Å². The first-order chi connectivity index (χ1) is 7.20. The number of hydrogen-bond acceptors (Lipinski definition) is 4. The third-order valence-electron chi connectivity index (χ3n) is 1.50. The molecule has 0 atom stereocenters. The Morgan fingerprint density at radius 2 is 2.12 bits per heavy atom. The highest BCUT2D eigenvalue weighted by atomic mass is 127. The van der Waals surface area contributed by atoms with Crippen LogP contribution in [-0.2, 0) is 0 Å². The highest BCUT2D eigenvalue weighted by Gasteiger charge is 2.33. The fourth-order valence-electron chi connectivity index (χ4n) is 0.916. The van der Waals surface area contributed by atoms with Gasteiger partial charge in [-0.3, -0.25) is 10.1 Å². The molecule has 0 saturated carbocycles. The van der Waals surface area contributed by atoms with Crippen LogP contribution < -0.4 is 4.74 Å². The molecule has 0 amide bonds. The predicted molar refractivity (Wildman–Crippen MR) is 55.0 cm³/mol. The van der Waals surface area contributed by atoms with E-state index in [9.17, 15) is 23.3 Å². The van der Waals surface area contributed by atoms with Crippen molar-refractivity contribution >= 4 is 28.3 Å². The fourth-order valence-corrected chi connectivity index (χ4v) is 1.39. The Bertz CT molecular complexity index is 436. The van der Waals surface area contributed by atoms with Crippen molar-refractivity contribution in [2.24, 2.45) is 0 Å². The lowest BCUT2D eigenvalue weighted by Crippen LogP contribution is -2.18. The average molecular weight is 348 g/mol. The van der Waals surface area contributed by atoms with Crippen molar-refractivity contribution < 1.29 is 22.8 Å². The molecule has 0 aliphatic rings. The zero-order valence-electron chi connectivity index (χ0n) is 7.71. The van der Waals surface area contributed by atoms with Crippen LogP contribution in [0.15, 0.2) is 6.07 Å². The van der Waals surface area contributed by atoms with Gasteiger partial charge in [0.2, 0.25) is 5.88 Å². The third-order valence-corrected chi connectivity index (χ3v) is 2.83. The van der Waals surface area contributed by atoms with Crippen LogP contribution in [0.1, 0.15) is 5.69 Å². The van der Waals surface area contributed by atoms with Gasteiger partial charge in [0.25, 0.3) is 5.69 Å². The van der Waals surface area contributed by atoms with Gasteiger partial charge >= 0.3 is 6.36 Å². The Morgan fingerprint density at radius 3 is 2.56 bits per heavy atom. The van der Waals surface area contributed by atoms with Gasteiger partial charge in [0.1, 0.15) is 3.57 Å². The van der Waals surface area contributed by atoms with Crippen LogP contribution >= 0.6 is 22.6 Å². The lowest BCUT2D eigenvalue weighted by atomic mass is 10.3. The summed E-state index contributed by atoms with van der Waals surface area (Å²) in [6, 6.07) is 0.641. The Hall–Kier alpha value is -1.13. The zero-order chi connectivity index (χ0) is 12.5. The summed E-state index contributed by atoms with van der Waals surface area (Å²) in [5.74, 6) is -0.836. The molecule has 0 fully saturated rings. The molecule has 0 aromatic carbocycles. The quantitative estimate of drug-likeness (QED) is 0.468. The van der Waals surface area contributed by atoms with Crippen molar-refractivity contribution in [1.29, 1.82) is 0 Å². The molecule has 5 nitrogen and oxygen atoms in total. The van der Waals surface area contributed by atoms with Crippen LogP contribution in [0.5, 0.6) is 5.88 Å². The molecule has 1 aromatic heterocycles. The van der Waals surface area contributed by atoms with E-state index < -0.39 is 22.9 Å². The summed E-state index contributed by atoms with van der Waals surface area (Å²) in [5, 5.41) is 10.5. The van der Waals surface area contributed by atoms with Crippen LogP contribution in [0.2, 0.25) is 0 Å². The molecule has 88 valence electrons. The number of alkyl halides is 3. The third kappa shape index (κ3) is 3.18. The number of halogens is 4. The summed E-state index contributed by atoms with van der Waals surface area (Å²) in [4.78, 5) is 13.2. The lowest BCUT2D eigenvalue weighted by Gasteiger charge is -2.08. The number of hydrogen-bond donors (Lipinski definition) is 0. The molecule has 0 aliphatic carbocycles. The molecule has 9 heteroatoms. The molecule has 0 unspecified atom stereocenters. The molecule has 1 aromatic rings. The summed E-state index contributed by atoms with van der Waals surface area (Å²) in [6.07, 6.45) is -4.92. The summed E-state index contributed by atoms with van der Waals surface area (Å²) in [6.45, 7) is 1.36. The lowest BCUT2D eigenvalue weighted by molar-refractivity contribution is -0.386. The van der Waals surface area contributed by atoms with Crippen molar-refractivity contribution in [3.8, 4) is 5.88 Å². The highest BCUT2D eigenvalue weighted by Crippen LogP contribution is 2.29. The van der Waals surface area contributed by atoms with Gasteiger partial charge in [-0.25, -0.2) is 4.98 Å². The highest BCUT2D eigenvalue weighted by molar-refractivity contribution is 14.1. The van der Waals surface area contributed by atoms with Gasteiger partial charge in [0.05, 0.1) is 16.7 Å². The Balaban J connectivity index is 3.19. The second-order valence-electron chi connectivity index (χ2n) is 2.68. The maximum absolute atomic E-state index is 11.9. The summed E-state index contributed by atoms with van der Waals surface area (Å²) < 4.78 is 39.3. The van der Waals surface area contributed by atoms with Gasteiger partial charge in [-0.05, 0) is 29.5 Å². The molecule has 1 rings (SSSR count). The fraction of sp³-hybridized carbons (Fsp3) is 0.286. The SMILES string of the molecule is Cc1nc(OC(F)(F)F)cc([N+](=O)[O-])c1I. The van der Waals surface area contributed by atoms with Gasteiger partial charge in [-0.1, -0.05) is 0 Å². The van der Waals surface area contributed by atoms with Crippen LogP contribution in [0.4, 0.5) is 18.9 Å². The van der Waals surface area contributed by atoms with E-state index in [1.165, 1.54) is 6.92 Å². The van der Waals surface area contributed by atoms with Crippen molar-refractivity contribution in [2.45, 2.75) is 13.3 Å². The van der Waals surface area contributed by atoms with E-state index >= 15 is 0 Å². The zero-order valence-corrected chi connectivity index (χ0v) is 9.87. The Morgan fingerprint density at radius 1 is 1.56 bits per heavy atom. The minimum absolute atomic E-state index is 0.106. The summed E-state index contributed by atoms with van der Waals surface area (Å²) in [7, 11) is 0. The number of rotatable bonds is 2. The molecule has 1 heterocycles. The standard InChI is InChI=1S/C7H4F3IN2O3/c1-3-6(11)4(13(14)15)2-5(12-3)16-7(8,9)10/h2H,1H3. The van der Waals surface area contributed by atoms with Crippen molar-refractivity contribution in [3.63, 3.8) is 0 Å². The van der Waals surface area contributed by atoms with E-state index in [1.54, 1.807) is 22.6 Å². The second kappa shape index (κ2) is 4.39. The van der Waals surface area contributed by atoms with E-state index in [4.69, 9.17) is 0 Å². The van der Waals surface area contributed by atoms with E-state index in [1.807, 2.05) is 0 Å². The van der Waals surface area contributed by atoms with E-state index in [2.05, 4.69) is 9.72 Å². The number of pyridine rings is 1. The first kappa shape index (κ1) is 12.9. The normalized spacial score (nSPS) is 11.3. The van der Waals surface area contributed by atoms with Gasteiger partial charge in [-0.2, -0.15) is 0 Å². The second-order valence-corrected chi connectivity index (χ2v) is 3.76. The number of aryl methyl sites for hydroxylation is 1. The van der Waals surface area contributed by atoms with Gasteiger partial charge in [-0.15, -0.1) is 13.2 Å². The first-order valence-electron chi connectivity index (χ1n) is 3.78. The first-order valence-corrected chi connectivity index (χ1v) is 4.86. The Labute approximate surface area is 101 Å². The van der Waals surface area contributed by atoms with Crippen LogP contribution in [-0.4, -0.2) is 16.3 Å². The maximum Gasteiger partial charge on any atom is 0.574 e. The predicted octanol–water partition coefficient (Wildman–Crippen LogP) is 2.80. The van der Waals surface area contributed by atoms with Crippen molar-refractivity contribution in [3.05, 3.63) is 25.4 Å². The largest absolute Gasteiger partial charge is 0.574 e. The van der Waals surface area contributed by atoms with E-state index in [-0.39, 0.29) is 9.26 Å².